The number of hydrogen-bond acceptors (Lipinski definition) is 4. The van der Waals surface area contributed by atoms with E-state index in [0.717, 1.165) is 32.0 Å². The molecule has 0 saturated heterocycles. The lowest BCUT2D eigenvalue weighted by Gasteiger charge is -2.15. The van der Waals surface area contributed by atoms with Crippen molar-refractivity contribution < 1.29 is 5.11 Å². The van der Waals surface area contributed by atoms with Crippen LogP contribution in [0, 0.1) is 0 Å². The molecular weight excluding hydrogens is 234 g/mol. The number of benzene rings is 1. The van der Waals surface area contributed by atoms with Crippen LogP contribution in [0.15, 0.2) is 40.4 Å². The first-order chi connectivity index (χ1) is 8.34. The first kappa shape index (κ1) is 9.07. The van der Waals surface area contributed by atoms with Gasteiger partial charge in [0.05, 0.1) is 10.4 Å². The van der Waals surface area contributed by atoms with Crippen LogP contribution in [-0.4, -0.2) is 20.3 Å². The van der Waals surface area contributed by atoms with Crippen LogP contribution in [0.25, 0.3) is 22.2 Å². The van der Waals surface area contributed by atoms with E-state index in [0.29, 0.717) is 5.75 Å². The van der Waals surface area contributed by atoms with Gasteiger partial charge in [0.15, 0.2) is 0 Å². The van der Waals surface area contributed by atoms with Gasteiger partial charge in [-0.2, -0.15) is 5.10 Å². The second kappa shape index (κ2) is 3.01. The van der Waals surface area contributed by atoms with Crippen molar-refractivity contribution in [2.24, 2.45) is 0 Å². The van der Waals surface area contributed by atoms with Gasteiger partial charge in [-0.15, -0.1) is 0 Å². The Labute approximate surface area is 101 Å². The Morgan fingerprint density at radius 3 is 3.12 bits per heavy atom. The second-order valence-electron chi connectivity index (χ2n) is 3.88. The Balaban J connectivity index is 2.21. The number of rotatable bonds is 0. The minimum absolute atomic E-state index is 0.299. The maximum Gasteiger partial charge on any atom is 0.130 e. The maximum absolute atomic E-state index is 9.93. The molecule has 17 heavy (non-hydrogen) atoms. The van der Waals surface area contributed by atoms with Gasteiger partial charge < -0.3 is 5.11 Å². The van der Waals surface area contributed by atoms with Gasteiger partial charge in [-0.3, -0.25) is 10.1 Å². The summed E-state index contributed by atoms with van der Waals surface area (Å²) in [6.07, 6.45) is 3.56. The van der Waals surface area contributed by atoms with Crippen molar-refractivity contribution in [3.05, 3.63) is 30.6 Å². The molecule has 2 aromatic heterocycles. The van der Waals surface area contributed by atoms with E-state index < -0.39 is 0 Å². The lowest BCUT2D eigenvalue weighted by molar-refractivity contribution is 0.464. The Morgan fingerprint density at radius 1 is 1.24 bits per heavy atom. The van der Waals surface area contributed by atoms with E-state index in [9.17, 15) is 5.11 Å². The van der Waals surface area contributed by atoms with Gasteiger partial charge in [0.2, 0.25) is 0 Å². The number of pyridine rings is 1. The van der Waals surface area contributed by atoms with Gasteiger partial charge in [0, 0.05) is 28.2 Å². The third-order valence-electron chi connectivity index (χ3n) is 2.91. The fraction of sp³-hybridized carbons (Fsp3) is 0. The van der Waals surface area contributed by atoms with E-state index in [1.807, 2.05) is 18.3 Å². The summed E-state index contributed by atoms with van der Waals surface area (Å²) in [5.41, 5.74) is 2.82. The molecule has 0 aliphatic carbocycles. The van der Waals surface area contributed by atoms with Crippen molar-refractivity contribution in [3.8, 4) is 17.0 Å². The predicted molar refractivity (Wildman–Crippen MR) is 65.1 cm³/mol. The normalized spacial score (nSPS) is 12.7. The summed E-state index contributed by atoms with van der Waals surface area (Å²) in [5.74, 6) is 0.299. The Morgan fingerprint density at radius 2 is 2.18 bits per heavy atom. The van der Waals surface area contributed by atoms with Crippen molar-refractivity contribution in [2.45, 2.75) is 9.79 Å². The number of aromatic hydroxyl groups is 1. The predicted octanol–water partition coefficient (Wildman–Crippen LogP) is 2.80. The highest BCUT2D eigenvalue weighted by molar-refractivity contribution is 8.00. The van der Waals surface area contributed by atoms with Crippen LogP contribution in [0.2, 0.25) is 0 Å². The zero-order chi connectivity index (χ0) is 11.4. The van der Waals surface area contributed by atoms with Gasteiger partial charge in [-0.05, 0) is 18.2 Å². The molecule has 0 bridgehead atoms. The van der Waals surface area contributed by atoms with Crippen LogP contribution < -0.4 is 0 Å². The van der Waals surface area contributed by atoms with Gasteiger partial charge in [0.25, 0.3) is 0 Å². The molecule has 2 N–H and O–H groups in total. The first-order valence-corrected chi connectivity index (χ1v) is 5.98. The van der Waals surface area contributed by atoms with Crippen molar-refractivity contribution >= 4 is 22.7 Å². The maximum atomic E-state index is 9.93. The third-order valence-corrected chi connectivity index (χ3v) is 4.10. The van der Waals surface area contributed by atoms with Crippen LogP contribution in [-0.2, 0) is 0 Å². The molecular formula is C12H7N3OS. The summed E-state index contributed by atoms with van der Waals surface area (Å²) in [7, 11) is 0. The molecule has 4 nitrogen and oxygen atoms in total. The fourth-order valence-corrected chi connectivity index (χ4v) is 3.22. The number of aromatic amines is 1. The fourth-order valence-electron chi connectivity index (χ4n) is 2.13. The highest BCUT2D eigenvalue weighted by Gasteiger charge is 2.23. The second-order valence-corrected chi connectivity index (χ2v) is 4.93. The quantitative estimate of drug-likeness (QED) is 0.497. The molecule has 82 valence electrons. The molecule has 0 unspecified atom stereocenters. The molecule has 1 aliphatic rings. The Kier molecular flexibility index (Phi) is 1.61. The lowest BCUT2D eigenvalue weighted by atomic mass is 10.1. The summed E-state index contributed by atoms with van der Waals surface area (Å²) in [6, 6.07) is 5.47. The van der Waals surface area contributed by atoms with E-state index >= 15 is 0 Å². The molecule has 3 aromatic rings. The smallest absolute Gasteiger partial charge is 0.130 e. The van der Waals surface area contributed by atoms with Gasteiger partial charge in [0.1, 0.15) is 11.4 Å². The highest BCUT2D eigenvalue weighted by Crippen LogP contribution is 2.49. The Hall–Kier alpha value is -2.01. The monoisotopic (exact) mass is 241 g/mol. The van der Waals surface area contributed by atoms with Crippen LogP contribution in [0.4, 0.5) is 0 Å². The van der Waals surface area contributed by atoms with E-state index in [4.69, 9.17) is 0 Å². The minimum Gasteiger partial charge on any atom is -0.507 e. The van der Waals surface area contributed by atoms with E-state index in [-0.39, 0.29) is 0 Å². The Bertz CT molecular complexity index is 751. The number of nitrogens with zero attached hydrogens (tertiary/aromatic N) is 2. The summed E-state index contributed by atoms with van der Waals surface area (Å²) in [6.45, 7) is 0. The summed E-state index contributed by atoms with van der Waals surface area (Å²) < 4.78 is 0. The molecule has 0 fully saturated rings. The number of nitrogens with one attached hydrogen (secondary N) is 1. The van der Waals surface area contributed by atoms with E-state index in [2.05, 4.69) is 15.2 Å². The molecule has 1 aliphatic heterocycles. The zero-order valence-electron chi connectivity index (χ0n) is 8.64. The number of aromatic nitrogens is 3. The van der Waals surface area contributed by atoms with Crippen molar-refractivity contribution in [1.82, 2.24) is 15.2 Å². The summed E-state index contributed by atoms with van der Waals surface area (Å²) in [4.78, 5) is 6.07. The van der Waals surface area contributed by atoms with Gasteiger partial charge in [-0.25, -0.2) is 0 Å². The molecule has 0 atom stereocenters. The minimum atomic E-state index is 0.299. The molecule has 3 heterocycles. The van der Waals surface area contributed by atoms with Crippen molar-refractivity contribution in [2.75, 3.05) is 0 Å². The van der Waals surface area contributed by atoms with Crippen LogP contribution in [0.5, 0.6) is 5.75 Å². The number of phenols is 1. The lowest BCUT2D eigenvalue weighted by Crippen LogP contribution is -1.91. The number of H-pyrrole nitrogens is 1. The van der Waals surface area contributed by atoms with Crippen LogP contribution in [0.3, 0.4) is 0 Å². The number of phenolic OH excluding ortho intramolecular Hbond substituents is 1. The number of fused-ring (bicyclic) bond motifs is 2. The molecule has 0 spiro atoms. The van der Waals surface area contributed by atoms with E-state index in [1.165, 1.54) is 0 Å². The standard InChI is InChI=1S/C12H7N3OS/c16-8-2-1-7-10-11(15-14-7)6-5-13-4-3-9(6)17-12(8)10/h1-5,16H,(H,14,15). The average Bonchev–Trinajstić information content (AvgIpc) is 2.79. The van der Waals surface area contributed by atoms with Crippen molar-refractivity contribution in [1.29, 1.82) is 0 Å². The molecule has 0 amide bonds. The topological polar surface area (TPSA) is 61.8 Å². The van der Waals surface area contributed by atoms with Crippen LogP contribution in [0.1, 0.15) is 0 Å². The first-order valence-electron chi connectivity index (χ1n) is 5.17. The van der Waals surface area contributed by atoms with Crippen LogP contribution >= 0.6 is 11.8 Å². The van der Waals surface area contributed by atoms with Crippen molar-refractivity contribution in [3.63, 3.8) is 0 Å². The molecule has 1 aromatic carbocycles. The average molecular weight is 241 g/mol. The summed E-state index contributed by atoms with van der Waals surface area (Å²) >= 11 is 1.56. The largest absolute Gasteiger partial charge is 0.507 e. The highest BCUT2D eigenvalue weighted by atomic mass is 32.2. The zero-order valence-corrected chi connectivity index (χ0v) is 9.45. The van der Waals surface area contributed by atoms with E-state index in [1.54, 1.807) is 24.0 Å². The summed E-state index contributed by atoms with van der Waals surface area (Å²) in [5, 5.41) is 18.2. The SMILES string of the molecule is Oc1ccc2[nH]nc3c2c1Sc1ccncc1-3. The van der Waals surface area contributed by atoms with Gasteiger partial charge >= 0.3 is 0 Å². The molecule has 0 saturated carbocycles. The third kappa shape index (κ3) is 1.09. The molecule has 5 heteroatoms. The molecule has 0 radical (unpaired) electrons. The van der Waals surface area contributed by atoms with Gasteiger partial charge in [-0.1, -0.05) is 11.8 Å². The number of hydrogen-bond donors (Lipinski definition) is 2. The molecule has 4 rings (SSSR count).